The second kappa shape index (κ2) is 2.75. The normalized spacial score (nSPS) is 18.8. The fourth-order valence-electron chi connectivity index (χ4n) is 0.356. The Balaban J connectivity index is 2.59. The van der Waals surface area contributed by atoms with Gasteiger partial charge in [-0.05, 0) is 12.2 Å². The summed E-state index contributed by atoms with van der Waals surface area (Å²) < 4.78 is 2.66. The number of hydrogen-bond acceptors (Lipinski definition) is 4. The molecule has 0 N–H and O–H groups in total. The van der Waals surface area contributed by atoms with Crippen LogP contribution in [-0.4, -0.2) is 3.71 Å². The van der Waals surface area contributed by atoms with E-state index in [-0.39, 0.29) is 0 Å². The number of rotatable bonds is 0. The molecule has 0 unspecified atom stereocenters. The Kier molecular flexibility index (Phi) is 2.22. The summed E-state index contributed by atoms with van der Waals surface area (Å²) >= 11 is 9.62. The Bertz CT molecular complexity index is 140. The molecule has 8 heavy (non-hydrogen) atoms. The summed E-state index contributed by atoms with van der Waals surface area (Å²) in [5, 5.41) is 0. The van der Waals surface area contributed by atoms with E-state index in [2.05, 4.69) is 25.4 Å². The van der Waals surface area contributed by atoms with Crippen molar-refractivity contribution in [3.8, 4) is 0 Å². The Morgan fingerprint density at radius 1 is 1.62 bits per heavy atom. The van der Waals surface area contributed by atoms with Crippen LogP contribution in [0.5, 0.6) is 0 Å². The van der Waals surface area contributed by atoms with Gasteiger partial charge >= 0.3 is 0 Å². The third-order valence-corrected chi connectivity index (χ3v) is 2.04. The summed E-state index contributed by atoms with van der Waals surface area (Å²) in [6.07, 6.45) is 5.67. The molecule has 1 aliphatic heterocycles. The molecule has 0 aromatic heterocycles. The molecule has 1 heterocycles. The van der Waals surface area contributed by atoms with Crippen LogP contribution >= 0.6 is 37.4 Å². The highest BCUT2D eigenvalue weighted by Crippen LogP contribution is 2.28. The van der Waals surface area contributed by atoms with Gasteiger partial charge in [-0.2, -0.15) is 0 Å². The Hall–Kier alpha value is 0.330. The van der Waals surface area contributed by atoms with E-state index in [1.54, 1.807) is 3.71 Å². The topological polar surface area (TPSA) is 3.24 Å². The molecule has 1 nitrogen and oxygen atoms in total. The molecular weight excluding hydrogens is 158 g/mol. The van der Waals surface area contributed by atoms with Crippen molar-refractivity contribution in [3.05, 3.63) is 22.6 Å². The largest absolute Gasteiger partial charge is 0.264 e. The van der Waals surface area contributed by atoms with Gasteiger partial charge in [0.15, 0.2) is 0 Å². The molecule has 0 spiro atoms. The lowest BCUT2D eigenvalue weighted by molar-refractivity contribution is 1.06. The average molecular weight is 163 g/mol. The number of nitrogens with zero attached hydrogens (tertiary/aromatic N) is 1. The van der Waals surface area contributed by atoms with Crippen molar-refractivity contribution in [1.82, 2.24) is 3.71 Å². The molecular formula is C4H5NS3. The van der Waals surface area contributed by atoms with Crippen LogP contribution < -0.4 is 0 Å². The van der Waals surface area contributed by atoms with E-state index in [1.165, 1.54) is 11.9 Å². The minimum atomic E-state index is 0.961. The molecule has 1 aliphatic rings. The smallest absolute Gasteiger partial charge is 0.0593 e. The molecule has 4 heteroatoms. The lowest BCUT2D eigenvalue weighted by atomic mass is 10.6. The molecule has 0 saturated carbocycles. The summed E-state index contributed by atoms with van der Waals surface area (Å²) in [5.74, 6) is 0. The quantitative estimate of drug-likeness (QED) is 0.416. The van der Waals surface area contributed by atoms with E-state index in [1.807, 2.05) is 18.4 Å². The van der Waals surface area contributed by atoms with Crippen LogP contribution in [0.3, 0.4) is 0 Å². The zero-order chi connectivity index (χ0) is 5.98. The highest BCUT2D eigenvalue weighted by Gasteiger charge is 1.98. The number of hydrogen-bond donors (Lipinski definition) is 2. The van der Waals surface area contributed by atoms with Gasteiger partial charge in [0.05, 0.1) is 4.24 Å². The summed E-state index contributed by atoms with van der Waals surface area (Å²) in [6.45, 7) is 0. The fourth-order valence-corrected chi connectivity index (χ4v) is 1.70. The maximum absolute atomic E-state index is 4.10. The fraction of sp³-hybridized carbons (Fsp3) is 0. The predicted octanol–water partition coefficient (Wildman–Crippen LogP) is 2.08. The second-order valence-electron chi connectivity index (χ2n) is 1.24. The third kappa shape index (κ3) is 1.69. The highest BCUT2D eigenvalue weighted by molar-refractivity contribution is 8.18. The standard InChI is InChI=1S/C4H5NS3/c6-4-2-1-3-5(7)8-4/h1-3,6-7H. The van der Waals surface area contributed by atoms with E-state index in [0.717, 1.165) is 4.24 Å². The summed E-state index contributed by atoms with van der Waals surface area (Å²) in [7, 11) is 0. The molecule has 0 atom stereocenters. The van der Waals surface area contributed by atoms with Crippen molar-refractivity contribution < 1.29 is 0 Å². The van der Waals surface area contributed by atoms with Gasteiger partial charge in [0.2, 0.25) is 0 Å². The third-order valence-electron chi connectivity index (χ3n) is 0.639. The molecule has 0 aromatic rings. The van der Waals surface area contributed by atoms with E-state index < -0.39 is 0 Å². The van der Waals surface area contributed by atoms with Crippen LogP contribution in [0.15, 0.2) is 22.6 Å². The first kappa shape index (κ1) is 6.45. The monoisotopic (exact) mass is 163 g/mol. The molecule has 0 fully saturated rings. The van der Waals surface area contributed by atoms with E-state index in [4.69, 9.17) is 0 Å². The highest BCUT2D eigenvalue weighted by atomic mass is 32.2. The van der Waals surface area contributed by atoms with E-state index in [9.17, 15) is 0 Å². The van der Waals surface area contributed by atoms with Crippen LogP contribution in [0.2, 0.25) is 0 Å². The van der Waals surface area contributed by atoms with Gasteiger partial charge < -0.3 is 0 Å². The zero-order valence-electron chi connectivity index (χ0n) is 3.98. The first-order valence-corrected chi connectivity index (χ1v) is 3.64. The van der Waals surface area contributed by atoms with Gasteiger partial charge in [-0.15, -0.1) is 12.6 Å². The van der Waals surface area contributed by atoms with Gasteiger partial charge in [-0.1, -0.05) is 12.8 Å². The molecule has 0 aliphatic carbocycles. The average Bonchev–Trinajstić information content (AvgIpc) is 1.64. The SMILES string of the molecule is SC1=CC=CN(S)S1. The molecule has 0 aromatic carbocycles. The first-order chi connectivity index (χ1) is 3.79. The van der Waals surface area contributed by atoms with Gasteiger partial charge in [0.25, 0.3) is 0 Å². The van der Waals surface area contributed by atoms with Crippen molar-refractivity contribution in [2.75, 3.05) is 0 Å². The molecule has 0 bridgehead atoms. The van der Waals surface area contributed by atoms with Crippen LogP contribution in [0, 0.1) is 0 Å². The van der Waals surface area contributed by atoms with Gasteiger partial charge in [-0.3, -0.25) is 3.71 Å². The van der Waals surface area contributed by atoms with Crippen molar-refractivity contribution in [2.45, 2.75) is 0 Å². The van der Waals surface area contributed by atoms with Gasteiger partial charge in [0.1, 0.15) is 0 Å². The van der Waals surface area contributed by atoms with Crippen molar-refractivity contribution in [1.29, 1.82) is 0 Å². The molecule has 1 rings (SSSR count). The maximum Gasteiger partial charge on any atom is 0.0593 e. The van der Waals surface area contributed by atoms with E-state index in [0.29, 0.717) is 0 Å². The molecule has 0 saturated heterocycles. The lowest BCUT2D eigenvalue weighted by Crippen LogP contribution is -1.91. The van der Waals surface area contributed by atoms with Crippen molar-refractivity contribution >= 4 is 37.4 Å². The van der Waals surface area contributed by atoms with Crippen LogP contribution in [0.25, 0.3) is 0 Å². The van der Waals surface area contributed by atoms with Gasteiger partial charge in [-0.25, -0.2) is 0 Å². The molecule has 0 amide bonds. The first-order valence-electron chi connectivity index (χ1n) is 2.02. The minimum absolute atomic E-state index is 0.961. The Morgan fingerprint density at radius 3 is 2.75 bits per heavy atom. The minimum Gasteiger partial charge on any atom is -0.264 e. The van der Waals surface area contributed by atoms with E-state index >= 15 is 0 Å². The number of allylic oxidation sites excluding steroid dienone is 2. The summed E-state index contributed by atoms with van der Waals surface area (Å²) in [5.41, 5.74) is 0. The summed E-state index contributed by atoms with van der Waals surface area (Å²) in [6, 6.07) is 0. The van der Waals surface area contributed by atoms with Crippen molar-refractivity contribution in [3.63, 3.8) is 0 Å². The van der Waals surface area contributed by atoms with Crippen LogP contribution in [-0.2, 0) is 0 Å². The van der Waals surface area contributed by atoms with Crippen LogP contribution in [0.1, 0.15) is 0 Å². The predicted molar refractivity (Wildman–Crippen MR) is 44.6 cm³/mol. The second-order valence-corrected chi connectivity index (χ2v) is 3.74. The summed E-state index contributed by atoms with van der Waals surface area (Å²) in [4.78, 5) is 0. The number of thiol groups is 2. The Labute approximate surface area is 63.9 Å². The van der Waals surface area contributed by atoms with Crippen molar-refractivity contribution in [2.24, 2.45) is 0 Å². The molecule has 0 radical (unpaired) electrons. The lowest BCUT2D eigenvalue weighted by Gasteiger charge is -2.12. The zero-order valence-corrected chi connectivity index (χ0v) is 6.59. The van der Waals surface area contributed by atoms with Crippen LogP contribution in [0.4, 0.5) is 0 Å². The van der Waals surface area contributed by atoms with Gasteiger partial charge in [0, 0.05) is 18.1 Å². The Morgan fingerprint density at radius 2 is 2.38 bits per heavy atom. The molecule has 44 valence electrons. The maximum atomic E-state index is 4.10.